The zero-order valence-electron chi connectivity index (χ0n) is 20.0. The molecule has 2 heterocycles. The summed E-state index contributed by atoms with van der Waals surface area (Å²) in [6, 6.07) is 8.49. The molecule has 3 saturated carbocycles. The largest absolute Gasteiger partial charge is 0.444 e. The predicted molar refractivity (Wildman–Crippen MR) is 128 cm³/mol. The number of hydrogen-bond acceptors (Lipinski definition) is 7. The minimum absolute atomic E-state index is 0.131. The van der Waals surface area contributed by atoms with Crippen LogP contribution in [0.25, 0.3) is 11.0 Å². The fraction of sp³-hybridized carbons (Fsp3) is 0.458. The van der Waals surface area contributed by atoms with Crippen LogP contribution in [0, 0.1) is 6.92 Å². The van der Waals surface area contributed by atoms with E-state index < -0.39 is 21.7 Å². The number of alkyl carbamates (subject to hydrolysis) is 1. The second-order valence-corrected chi connectivity index (χ2v) is 12.4. The first kappa shape index (κ1) is 22.6. The monoisotopic (exact) mass is 483 g/mol. The van der Waals surface area contributed by atoms with Crippen molar-refractivity contribution in [2.24, 2.45) is 0 Å². The predicted octanol–water partition coefficient (Wildman–Crippen LogP) is 3.61. The van der Waals surface area contributed by atoms with Gasteiger partial charge in [0.2, 0.25) is 0 Å². The van der Waals surface area contributed by atoms with E-state index in [0.717, 1.165) is 24.8 Å². The van der Waals surface area contributed by atoms with Gasteiger partial charge in [0, 0.05) is 18.8 Å². The molecule has 9 nitrogen and oxygen atoms in total. The lowest BCUT2D eigenvalue weighted by molar-refractivity contribution is -0.0821. The molecule has 1 N–H and O–H groups in total. The summed E-state index contributed by atoms with van der Waals surface area (Å²) in [6.45, 7) is 7.44. The van der Waals surface area contributed by atoms with Crippen LogP contribution < -0.4 is 10.2 Å². The Morgan fingerprint density at radius 2 is 1.76 bits per heavy atom. The molecule has 3 fully saturated rings. The molecule has 10 heteroatoms. The SMILES string of the molecule is Cc1ccc(S(=O)(=O)n2ccc3c(N(C)C45CC(NC(=O)OC(C)(C)C)(C4)C5)ncnc32)cc1. The van der Waals surface area contributed by atoms with E-state index in [0.29, 0.717) is 16.9 Å². The first-order valence-corrected chi connectivity index (χ1v) is 12.7. The molecule has 0 saturated heterocycles. The Balaban J connectivity index is 1.38. The lowest BCUT2D eigenvalue weighted by Crippen LogP contribution is -2.83. The van der Waals surface area contributed by atoms with Crippen LogP contribution in [0.3, 0.4) is 0 Å². The van der Waals surface area contributed by atoms with Crippen molar-refractivity contribution >= 4 is 33.0 Å². The molecule has 6 rings (SSSR count). The number of ether oxygens (including phenoxy) is 1. The van der Waals surface area contributed by atoms with Gasteiger partial charge < -0.3 is 15.0 Å². The zero-order valence-corrected chi connectivity index (χ0v) is 20.8. The van der Waals surface area contributed by atoms with Gasteiger partial charge in [0.25, 0.3) is 10.0 Å². The molecule has 0 spiro atoms. The van der Waals surface area contributed by atoms with Gasteiger partial charge >= 0.3 is 6.09 Å². The fourth-order valence-corrected chi connectivity index (χ4v) is 6.47. The quantitative estimate of drug-likeness (QED) is 0.591. The maximum absolute atomic E-state index is 13.3. The molecule has 1 amide bonds. The fourth-order valence-electron chi connectivity index (χ4n) is 5.17. The third-order valence-corrected chi connectivity index (χ3v) is 8.48. The number of fused-ring (bicyclic) bond motifs is 1. The Labute approximate surface area is 199 Å². The first-order chi connectivity index (χ1) is 15.8. The molecule has 2 bridgehead atoms. The van der Waals surface area contributed by atoms with Crippen molar-refractivity contribution in [3.8, 4) is 0 Å². The molecule has 0 aliphatic heterocycles. The summed E-state index contributed by atoms with van der Waals surface area (Å²) in [7, 11) is -1.83. The summed E-state index contributed by atoms with van der Waals surface area (Å²) in [4.78, 5) is 23.3. The topological polar surface area (TPSA) is 106 Å². The molecular weight excluding hydrogens is 454 g/mol. The summed E-state index contributed by atoms with van der Waals surface area (Å²) in [5.41, 5.74) is 0.406. The van der Waals surface area contributed by atoms with Crippen molar-refractivity contribution < 1.29 is 17.9 Å². The highest BCUT2D eigenvalue weighted by Crippen LogP contribution is 2.64. The van der Waals surface area contributed by atoms with Gasteiger partial charge in [-0.3, -0.25) is 0 Å². The number of aryl methyl sites for hydroxylation is 1. The second-order valence-electron chi connectivity index (χ2n) is 10.6. The number of carbonyl (C=O) groups is 1. The highest BCUT2D eigenvalue weighted by Gasteiger charge is 2.71. The van der Waals surface area contributed by atoms with E-state index in [9.17, 15) is 13.2 Å². The van der Waals surface area contributed by atoms with E-state index in [1.165, 1.54) is 16.5 Å². The van der Waals surface area contributed by atoms with E-state index in [-0.39, 0.29) is 16.0 Å². The normalized spacial score (nSPS) is 23.7. The van der Waals surface area contributed by atoms with Crippen LogP contribution in [0.2, 0.25) is 0 Å². The molecule has 3 aromatic rings. The van der Waals surface area contributed by atoms with Gasteiger partial charge in [-0.05, 0) is 65.2 Å². The molecule has 2 aromatic heterocycles. The molecule has 0 radical (unpaired) electrons. The van der Waals surface area contributed by atoms with E-state index >= 15 is 0 Å². The van der Waals surface area contributed by atoms with Gasteiger partial charge in [0.15, 0.2) is 5.65 Å². The van der Waals surface area contributed by atoms with Gasteiger partial charge in [0.05, 0.1) is 15.8 Å². The van der Waals surface area contributed by atoms with Crippen molar-refractivity contribution in [2.75, 3.05) is 11.9 Å². The van der Waals surface area contributed by atoms with Crippen molar-refractivity contribution in [1.29, 1.82) is 0 Å². The molecular formula is C24H29N5O4S. The van der Waals surface area contributed by atoms with Gasteiger partial charge in [-0.1, -0.05) is 17.7 Å². The van der Waals surface area contributed by atoms with Gasteiger partial charge in [-0.15, -0.1) is 0 Å². The summed E-state index contributed by atoms with van der Waals surface area (Å²) < 4.78 is 33.1. The van der Waals surface area contributed by atoms with E-state index in [2.05, 4.69) is 20.2 Å². The highest BCUT2D eigenvalue weighted by molar-refractivity contribution is 7.90. The molecule has 3 aliphatic rings. The van der Waals surface area contributed by atoms with Crippen molar-refractivity contribution in [3.05, 3.63) is 48.4 Å². The number of carbonyl (C=O) groups excluding carboxylic acids is 1. The number of nitrogens with zero attached hydrogens (tertiary/aromatic N) is 4. The van der Waals surface area contributed by atoms with E-state index in [4.69, 9.17) is 4.74 Å². The van der Waals surface area contributed by atoms with Crippen molar-refractivity contribution in [3.63, 3.8) is 0 Å². The standard InChI is InChI=1S/C24H29N5O4S/c1-16-6-8-17(9-7-16)34(31,32)29-11-10-18-19(25-15-26-20(18)29)28(5)24-12-23(13-24,14-24)27-21(30)33-22(2,3)4/h6-11,15H,12-14H2,1-5H3,(H,27,30). The molecule has 1 aromatic carbocycles. The van der Waals surface area contributed by atoms with Crippen molar-refractivity contribution in [1.82, 2.24) is 19.3 Å². The average Bonchev–Trinajstić information content (AvgIpc) is 3.13. The first-order valence-electron chi connectivity index (χ1n) is 11.2. The van der Waals surface area contributed by atoms with Crippen LogP contribution in [-0.4, -0.2) is 52.2 Å². The lowest BCUT2D eigenvalue weighted by atomic mass is 9.43. The summed E-state index contributed by atoms with van der Waals surface area (Å²) in [6.07, 6.45) is 4.87. The number of rotatable bonds is 5. The number of anilines is 1. The lowest BCUT2D eigenvalue weighted by Gasteiger charge is -2.73. The summed E-state index contributed by atoms with van der Waals surface area (Å²) in [5, 5.41) is 3.69. The number of amides is 1. The summed E-state index contributed by atoms with van der Waals surface area (Å²) in [5.74, 6) is 0.674. The van der Waals surface area contributed by atoms with Crippen LogP contribution in [-0.2, 0) is 14.8 Å². The third-order valence-electron chi connectivity index (χ3n) is 6.80. The number of nitrogens with one attached hydrogen (secondary N) is 1. The molecule has 0 atom stereocenters. The maximum atomic E-state index is 13.3. The smallest absolute Gasteiger partial charge is 0.408 e. The van der Waals surface area contributed by atoms with Crippen molar-refractivity contribution in [2.45, 2.75) is 68.5 Å². The molecule has 0 unspecified atom stereocenters. The number of hydrogen-bond donors (Lipinski definition) is 1. The van der Waals surface area contributed by atoms with Gasteiger partial charge in [-0.25, -0.2) is 27.2 Å². The Morgan fingerprint density at radius 1 is 1.12 bits per heavy atom. The number of benzene rings is 1. The Bertz CT molecular complexity index is 1370. The maximum Gasteiger partial charge on any atom is 0.408 e. The van der Waals surface area contributed by atoms with Crippen LogP contribution in [0.15, 0.2) is 47.8 Å². The molecule has 3 aliphatic carbocycles. The van der Waals surface area contributed by atoms with Crippen LogP contribution >= 0.6 is 0 Å². The van der Waals surface area contributed by atoms with E-state index in [1.807, 2.05) is 34.7 Å². The Hall–Kier alpha value is -3.14. The zero-order chi connectivity index (χ0) is 24.5. The average molecular weight is 484 g/mol. The minimum Gasteiger partial charge on any atom is -0.444 e. The van der Waals surface area contributed by atoms with E-state index in [1.54, 1.807) is 30.3 Å². The summed E-state index contributed by atoms with van der Waals surface area (Å²) >= 11 is 0. The highest BCUT2D eigenvalue weighted by atomic mass is 32.2. The van der Waals surface area contributed by atoms with Gasteiger partial charge in [0.1, 0.15) is 17.7 Å². The third kappa shape index (κ3) is 3.51. The second kappa shape index (κ2) is 7.18. The van der Waals surface area contributed by atoms with Crippen LogP contribution in [0.4, 0.5) is 10.6 Å². The Morgan fingerprint density at radius 3 is 2.38 bits per heavy atom. The Kier molecular flexibility index (Phi) is 4.78. The molecule has 34 heavy (non-hydrogen) atoms. The van der Waals surface area contributed by atoms with Crippen LogP contribution in [0.1, 0.15) is 45.6 Å². The molecule has 180 valence electrons. The number of aromatic nitrogens is 3. The van der Waals surface area contributed by atoms with Crippen LogP contribution in [0.5, 0.6) is 0 Å². The minimum atomic E-state index is -3.79. The van der Waals surface area contributed by atoms with Gasteiger partial charge in [-0.2, -0.15) is 0 Å².